The Hall–Kier alpha value is 0.0900. The molecule has 92 valence electrons. The Morgan fingerprint density at radius 2 is 2.29 bits per heavy atom. The number of nitrogens with zero attached hydrogens (tertiary/aromatic N) is 1. The Labute approximate surface area is 121 Å². The molecule has 0 radical (unpaired) electrons. The van der Waals surface area contributed by atoms with E-state index in [2.05, 4.69) is 37.2 Å². The average Bonchev–Trinajstić information content (AvgIpc) is 2.91. The first kappa shape index (κ1) is 12.1. The Kier molecular flexibility index (Phi) is 3.32. The number of likely N-dealkylation sites (tertiary alicyclic amines) is 1. The molecule has 0 aromatic carbocycles. The average molecular weight is 380 g/mol. The molecule has 0 saturated carbocycles. The first-order chi connectivity index (χ1) is 8.16. The summed E-state index contributed by atoms with van der Waals surface area (Å²) < 4.78 is 1.91. The maximum Gasteiger partial charge on any atom is 0.256 e. The van der Waals surface area contributed by atoms with Gasteiger partial charge in [-0.15, -0.1) is 11.3 Å². The summed E-state index contributed by atoms with van der Waals surface area (Å²) in [7, 11) is 0. The first-order valence-electron chi connectivity index (χ1n) is 5.63. The van der Waals surface area contributed by atoms with Gasteiger partial charge in [0.2, 0.25) is 0 Å². The Morgan fingerprint density at radius 1 is 1.47 bits per heavy atom. The predicted molar refractivity (Wildman–Crippen MR) is 75.5 cm³/mol. The van der Waals surface area contributed by atoms with Gasteiger partial charge in [0.1, 0.15) is 0 Å². The van der Waals surface area contributed by atoms with Crippen LogP contribution in [-0.2, 0) is 0 Å². The molecule has 2 atom stereocenters. The fourth-order valence-electron chi connectivity index (χ4n) is 2.74. The zero-order chi connectivity index (χ0) is 12.0. The molecular weight excluding hydrogens is 368 g/mol. The van der Waals surface area contributed by atoms with E-state index in [0.29, 0.717) is 12.0 Å². The highest BCUT2D eigenvalue weighted by Crippen LogP contribution is 2.35. The molecule has 1 amide bonds. The van der Waals surface area contributed by atoms with Crippen LogP contribution >= 0.6 is 43.2 Å². The van der Waals surface area contributed by atoms with Crippen LogP contribution in [0.25, 0.3) is 0 Å². The van der Waals surface area contributed by atoms with E-state index in [1.165, 1.54) is 0 Å². The molecule has 3 heterocycles. The van der Waals surface area contributed by atoms with Gasteiger partial charge < -0.3 is 10.2 Å². The van der Waals surface area contributed by atoms with Crippen molar-refractivity contribution in [3.8, 4) is 0 Å². The summed E-state index contributed by atoms with van der Waals surface area (Å²) in [6, 6.07) is 2.31. The summed E-state index contributed by atoms with van der Waals surface area (Å²) in [5.41, 5.74) is 0.787. The smallest absolute Gasteiger partial charge is 0.256 e. The third-order valence-electron chi connectivity index (χ3n) is 3.59. The Balaban J connectivity index is 1.85. The highest BCUT2D eigenvalue weighted by molar-refractivity contribution is 9.12. The lowest BCUT2D eigenvalue weighted by Crippen LogP contribution is -2.39. The van der Waals surface area contributed by atoms with Crippen LogP contribution in [0.5, 0.6) is 0 Å². The number of rotatable bonds is 1. The van der Waals surface area contributed by atoms with Gasteiger partial charge in [-0.2, -0.15) is 0 Å². The number of nitrogens with one attached hydrogen (secondary N) is 1. The number of halogens is 2. The van der Waals surface area contributed by atoms with Crippen molar-refractivity contribution in [2.24, 2.45) is 5.92 Å². The summed E-state index contributed by atoms with van der Waals surface area (Å²) in [5.74, 6) is 0.815. The van der Waals surface area contributed by atoms with Gasteiger partial charge in [-0.05, 0) is 50.3 Å². The zero-order valence-corrected chi connectivity index (χ0v) is 13.1. The number of hydrogen-bond donors (Lipinski definition) is 1. The lowest BCUT2D eigenvalue weighted by Gasteiger charge is -2.23. The van der Waals surface area contributed by atoms with Crippen molar-refractivity contribution in [3.63, 3.8) is 0 Å². The van der Waals surface area contributed by atoms with Crippen LogP contribution in [0, 0.1) is 5.92 Å². The molecule has 1 aromatic heterocycles. The van der Waals surface area contributed by atoms with Gasteiger partial charge in [-0.1, -0.05) is 0 Å². The molecule has 6 heteroatoms. The Bertz CT molecular complexity index is 462. The lowest BCUT2D eigenvalue weighted by atomic mass is 10.1. The number of thiophene rings is 1. The molecule has 1 aromatic rings. The topological polar surface area (TPSA) is 32.3 Å². The maximum absolute atomic E-state index is 12.5. The van der Waals surface area contributed by atoms with Crippen molar-refractivity contribution in [2.75, 3.05) is 19.6 Å². The van der Waals surface area contributed by atoms with Crippen molar-refractivity contribution in [1.82, 2.24) is 10.2 Å². The summed E-state index contributed by atoms with van der Waals surface area (Å²) in [6.07, 6.45) is 1.13. The Morgan fingerprint density at radius 3 is 3.00 bits per heavy atom. The quantitative estimate of drug-likeness (QED) is 0.813. The van der Waals surface area contributed by atoms with E-state index in [4.69, 9.17) is 0 Å². The molecule has 2 saturated heterocycles. The number of hydrogen-bond acceptors (Lipinski definition) is 3. The van der Waals surface area contributed by atoms with Crippen LogP contribution in [0.15, 0.2) is 13.6 Å². The molecule has 2 fully saturated rings. The summed E-state index contributed by atoms with van der Waals surface area (Å²) in [5, 5.41) is 3.37. The molecule has 0 spiro atoms. The van der Waals surface area contributed by atoms with Crippen LogP contribution in [-0.4, -0.2) is 36.5 Å². The molecule has 0 aliphatic carbocycles. The van der Waals surface area contributed by atoms with E-state index in [0.717, 1.165) is 39.2 Å². The van der Waals surface area contributed by atoms with Crippen molar-refractivity contribution >= 4 is 49.1 Å². The summed E-state index contributed by atoms with van der Waals surface area (Å²) >= 11 is 8.44. The summed E-state index contributed by atoms with van der Waals surface area (Å²) in [4.78, 5) is 14.5. The minimum absolute atomic E-state index is 0.162. The predicted octanol–water partition coefficient (Wildman–Crippen LogP) is 2.71. The SMILES string of the molecule is O=C(c1cc(Br)sc1Br)N1CC[C@H]2CNC[C@H]21. The molecule has 0 unspecified atom stereocenters. The first-order valence-corrected chi connectivity index (χ1v) is 8.03. The second-order valence-electron chi connectivity index (χ2n) is 4.51. The maximum atomic E-state index is 12.5. The minimum atomic E-state index is 0.162. The molecule has 3 rings (SSSR count). The molecule has 3 nitrogen and oxygen atoms in total. The van der Waals surface area contributed by atoms with Gasteiger partial charge in [-0.25, -0.2) is 0 Å². The number of carbonyl (C=O) groups is 1. The van der Waals surface area contributed by atoms with Crippen LogP contribution in [0.1, 0.15) is 16.8 Å². The van der Waals surface area contributed by atoms with Gasteiger partial charge in [0.05, 0.1) is 13.1 Å². The van der Waals surface area contributed by atoms with Crippen LogP contribution in [0.2, 0.25) is 0 Å². The molecule has 17 heavy (non-hydrogen) atoms. The summed E-state index contributed by atoms with van der Waals surface area (Å²) in [6.45, 7) is 2.90. The van der Waals surface area contributed by atoms with E-state index in [1.54, 1.807) is 11.3 Å². The van der Waals surface area contributed by atoms with Gasteiger partial charge >= 0.3 is 0 Å². The third-order valence-corrected chi connectivity index (χ3v) is 5.93. The van der Waals surface area contributed by atoms with E-state index in [-0.39, 0.29) is 5.91 Å². The highest BCUT2D eigenvalue weighted by Gasteiger charge is 2.40. The van der Waals surface area contributed by atoms with E-state index in [1.807, 2.05) is 11.0 Å². The van der Waals surface area contributed by atoms with Gasteiger partial charge in [0.15, 0.2) is 0 Å². The monoisotopic (exact) mass is 378 g/mol. The van der Waals surface area contributed by atoms with Crippen molar-refractivity contribution < 1.29 is 4.79 Å². The van der Waals surface area contributed by atoms with Crippen molar-refractivity contribution in [1.29, 1.82) is 0 Å². The fourth-order valence-corrected chi connectivity index (χ4v) is 5.52. The molecule has 1 N–H and O–H groups in total. The molecule has 2 aliphatic heterocycles. The zero-order valence-electron chi connectivity index (χ0n) is 9.08. The lowest BCUT2D eigenvalue weighted by molar-refractivity contribution is 0.0736. The van der Waals surface area contributed by atoms with Gasteiger partial charge in [-0.3, -0.25) is 4.79 Å². The number of fused-ring (bicyclic) bond motifs is 1. The van der Waals surface area contributed by atoms with E-state index < -0.39 is 0 Å². The normalized spacial score (nSPS) is 27.5. The van der Waals surface area contributed by atoms with Crippen LogP contribution in [0.4, 0.5) is 0 Å². The van der Waals surface area contributed by atoms with Crippen molar-refractivity contribution in [3.05, 3.63) is 19.2 Å². The fraction of sp³-hybridized carbons (Fsp3) is 0.545. The van der Waals surface area contributed by atoms with Gasteiger partial charge in [0, 0.05) is 25.7 Å². The standard InChI is InChI=1S/C11H12Br2N2OS/c12-9-3-7(10(13)17-9)11(16)15-2-1-6-4-14-5-8(6)15/h3,6,8,14H,1-2,4-5H2/t6-,8+/m0/s1. The molecule has 0 bridgehead atoms. The number of carbonyl (C=O) groups excluding carboxylic acids is 1. The van der Waals surface area contributed by atoms with Crippen LogP contribution < -0.4 is 5.32 Å². The molecular formula is C11H12Br2N2OS. The van der Waals surface area contributed by atoms with Crippen LogP contribution in [0.3, 0.4) is 0 Å². The largest absolute Gasteiger partial charge is 0.334 e. The van der Waals surface area contributed by atoms with E-state index in [9.17, 15) is 4.79 Å². The minimum Gasteiger partial charge on any atom is -0.334 e. The van der Waals surface area contributed by atoms with E-state index >= 15 is 0 Å². The highest BCUT2D eigenvalue weighted by atomic mass is 79.9. The van der Waals surface area contributed by atoms with Crippen molar-refractivity contribution in [2.45, 2.75) is 12.5 Å². The third kappa shape index (κ3) is 2.09. The molecule has 2 aliphatic rings. The van der Waals surface area contributed by atoms with Gasteiger partial charge in [0.25, 0.3) is 5.91 Å². The second kappa shape index (κ2) is 4.64. The second-order valence-corrected chi connectivity index (χ2v) is 8.26. The number of amides is 1.